The van der Waals surface area contributed by atoms with Gasteiger partial charge in [0.05, 0.1) is 19.6 Å². The maximum Gasteiger partial charge on any atom is 0.309 e. The zero-order chi connectivity index (χ0) is 8.10. The number of carbonyl (C=O) groups is 1. The number of cyclic esters (lactones) is 1. The molecule has 1 unspecified atom stereocenters. The van der Waals surface area contributed by atoms with E-state index in [0.717, 1.165) is 12.8 Å². The van der Waals surface area contributed by atoms with Gasteiger partial charge in [0, 0.05) is 6.54 Å². The molecule has 0 spiro atoms. The number of nitrogens with one attached hydrogen (secondary N) is 1. The summed E-state index contributed by atoms with van der Waals surface area (Å²) in [4.78, 5) is 15.5. The third-order valence-electron chi connectivity index (χ3n) is 1.78. The lowest BCUT2D eigenvalue weighted by atomic mass is 10.1. The Balaban J connectivity index is 2.10. The Kier molecular flexibility index (Phi) is 3.32. The first-order valence-corrected chi connectivity index (χ1v) is 3.77. The van der Waals surface area contributed by atoms with Gasteiger partial charge in [0.1, 0.15) is 0 Å². The number of esters is 1. The molecule has 0 aliphatic carbocycles. The van der Waals surface area contributed by atoms with Crippen LogP contribution in [0.25, 0.3) is 0 Å². The normalized spacial score (nSPS) is 23.7. The van der Waals surface area contributed by atoms with E-state index in [-0.39, 0.29) is 11.9 Å². The van der Waals surface area contributed by atoms with Crippen LogP contribution in [0.1, 0.15) is 12.8 Å². The Labute approximate surface area is 65.8 Å². The van der Waals surface area contributed by atoms with Crippen molar-refractivity contribution in [1.29, 1.82) is 0 Å². The van der Waals surface area contributed by atoms with Gasteiger partial charge in [-0.2, -0.15) is 0 Å². The molecule has 0 amide bonds. The Bertz CT molecular complexity index is 138. The van der Waals surface area contributed by atoms with Crippen LogP contribution in [0.15, 0.2) is 0 Å². The standard InChI is InChI=1S/C7H13NO3/c1-10-8-4-2-6-3-5-11-7(6)9/h6,8H,2-5H2,1H3. The van der Waals surface area contributed by atoms with Gasteiger partial charge in [0.2, 0.25) is 0 Å². The second-order valence-corrected chi connectivity index (χ2v) is 2.54. The predicted molar refractivity (Wildman–Crippen MR) is 38.7 cm³/mol. The van der Waals surface area contributed by atoms with Crippen molar-refractivity contribution in [1.82, 2.24) is 5.48 Å². The monoisotopic (exact) mass is 159 g/mol. The molecular formula is C7H13NO3. The highest BCUT2D eigenvalue weighted by Gasteiger charge is 2.25. The third-order valence-corrected chi connectivity index (χ3v) is 1.78. The number of hydrogen-bond donors (Lipinski definition) is 1. The van der Waals surface area contributed by atoms with Gasteiger partial charge in [0.25, 0.3) is 0 Å². The van der Waals surface area contributed by atoms with E-state index in [1.165, 1.54) is 0 Å². The molecule has 1 rings (SSSR count). The zero-order valence-electron chi connectivity index (χ0n) is 6.63. The number of hydroxylamine groups is 1. The SMILES string of the molecule is CONCCC1CCOC1=O. The maximum atomic E-state index is 10.9. The fourth-order valence-corrected chi connectivity index (χ4v) is 1.13. The van der Waals surface area contributed by atoms with Gasteiger partial charge in [-0.1, -0.05) is 0 Å². The Morgan fingerprint density at radius 1 is 1.82 bits per heavy atom. The van der Waals surface area contributed by atoms with Gasteiger partial charge in [-0.3, -0.25) is 4.79 Å². The second-order valence-electron chi connectivity index (χ2n) is 2.54. The summed E-state index contributed by atoms with van der Waals surface area (Å²) in [6, 6.07) is 0. The van der Waals surface area contributed by atoms with Crippen molar-refractivity contribution >= 4 is 5.97 Å². The summed E-state index contributed by atoms with van der Waals surface area (Å²) in [5.41, 5.74) is 2.69. The summed E-state index contributed by atoms with van der Waals surface area (Å²) in [6.45, 7) is 1.28. The fourth-order valence-electron chi connectivity index (χ4n) is 1.13. The number of carbonyl (C=O) groups excluding carboxylic acids is 1. The molecule has 1 saturated heterocycles. The average molecular weight is 159 g/mol. The molecule has 0 bridgehead atoms. The summed E-state index contributed by atoms with van der Waals surface area (Å²) in [7, 11) is 1.56. The highest BCUT2D eigenvalue weighted by molar-refractivity contribution is 5.74. The molecule has 0 radical (unpaired) electrons. The molecule has 0 aromatic rings. The first kappa shape index (κ1) is 8.49. The molecule has 1 aliphatic rings. The van der Waals surface area contributed by atoms with Crippen molar-refractivity contribution in [2.45, 2.75) is 12.8 Å². The Morgan fingerprint density at radius 2 is 2.64 bits per heavy atom. The first-order valence-electron chi connectivity index (χ1n) is 3.77. The van der Waals surface area contributed by atoms with E-state index in [4.69, 9.17) is 4.74 Å². The molecule has 1 aliphatic heterocycles. The second kappa shape index (κ2) is 4.31. The summed E-state index contributed by atoms with van der Waals surface area (Å²) in [5.74, 6) is 0.0144. The molecule has 0 aromatic carbocycles. The Morgan fingerprint density at radius 3 is 3.18 bits per heavy atom. The van der Waals surface area contributed by atoms with Gasteiger partial charge < -0.3 is 9.57 Å². The Hall–Kier alpha value is -0.610. The van der Waals surface area contributed by atoms with E-state index in [9.17, 15) is 4.79 Å². The van der Waals surface area contributed by atoms with Crippen LogP contribution in [0, 0.1) is 5.92 Å². The molecule has 11 heavy (non-hydrogen) atoms. The lowest BCUT2D eigenvalue weighted by molar-refractivity contribution is -0.141. The maximum absolute atomic E-state index is 10.9. The van der Waals surface area contributed by atoms with E-state index in [1.807, 2.05) is 0 Å². The largest absolute Gasteiger partial charge is 0.465 e. The lowest BCUT2D eigenvalue weighted by Crippen LogP contribution is -2.18. The minimum atomic E-state index is -0.0668. The minimum Gasteiger partial charge on any atom is -0.465 e. The fraction of sp³-hybridized carbons (Fsp3) is 0.857. The van der Waals surface area contributed by atoms with Gasteiger partial charge >= 0.3 is 5.97 Å². The highest BCUT2D eigenvalue weighted by atomic mass is 16.6. The van der Waals surface area contributed by atoms with Crippen LogP contribution >= 0.6 is 0 Å². The molecule has 1 fully saturated rings. The smallest absolute Gasteiger partial charge is 0.309 e. The predicted octanol–water partition coefficient (Wildman–Crippen LogP) is 0.0906. The number of ether oxygens (including phenoxy) is 1. The quantitative estimate of drug-likeness (QED) is 0.359. The van der Waals surface area contributed by atoms with Crippen molar-refractivity contribution in [3.8, 4) is 0 Å². The van der Waals surface area contributed by atoms with Gasteiger partial charge in [-0.15, -0.1) is 0 Å². The summed E-state index contributed by atoms with van der Waals surface area (Å²) in [6.07, 6.45) is 1.65. The van der Waals surface area contributed by atoms with Gasteiger partial charge in [-0.25, -0.2) is 5.48 Å². The van der Waals surface area contributed by atoms with E-state index in [2.05, 4.69) is 10.3 Å². The van der Waals surface area contributed by atoms with Crippen LogP contribution in [0.4, 0.5) is 0 Å². The summed E-state index contributed by atoms with van der Waals surface area (Å²) < 4.78 is 4.79. The molecule has 4 heteroatoms. The summed E-state index contributed by atoms with van der Waals surface area (Å²) in [5, 5.41) is 0. The van der Waals surface area contributed by atoms with Crippen LogP contribution < -0.4 is 5.48 Å². The van der Waals surface area contributed by atoms with E-state index >= 15 is 0 Å². The molecule has 0 aromatic heterocycles. The van der Waals surface area contributed by atoms with Gasteiger partial charge in [0.15, 0.2) is 0 Å². The van der Waals surface area contributed by atoms with Crippen molar-refractivity contribution in [2.24, 2.45) is 5.92 Å². The van der Waals surface area contributed by atoms with Crippen molar-refractivity contribution < 1.29 is 14.4 Å². The average Bonchev–Trinajstić information content (AvgIpc) is 2.37. The van der Waals surface area contributed by atoms with Crippen molar-refractivity contribution in [3.05, 3.63) is 0 Å². The molecule has 4 nitrogen and oxygen atoms in total. The molecule has 1 N–H and O–H groups in total. The van der Waals surface area contributed by atoms with Crippen LogP contribution in [0.2, 0.25) is 0 Å². The minimum absolute atomic E-state index is 0.0668. The lowest BCUT2D eigenvalue weighted by Gasteiger charge is -2.04. The topological polar surface area (TPSA) is 47.6 Å². The first-order chi connectivity index (χ1) is 5.34. The van der Waals surface area contributed by atoms with Gasteiger partial charge in [-0.05, 0) is 12.8 Å². The molecule has 64 valence electrons. The van der Waals surface area contributed by atoms with E-state index in [1.54, 1.807) is 7.11 Å². The highest BCUT2D eigenvalue weighted by Crippen LogP contribution is 2.16. The molecule has 1 heterocycles. The molecule has 0 saturated carbocycles. The van der Waals surface area contributed by atoms with Crippen LogP contribution in [0.3, 0.4) is 0 Å². The van der Waals surface area contributed by atoms with Crippen LogP contribution in [-0.2, 0) is 14.4 Å². The van der Waals surface area contributed by atoms with E-state index in [0.29, 0.717) is 13.2 Å². The van der Waals surface area contributed by atoms with Crippen molar-refractivity contribution in [3.63, 3.8) is 0 Å². The number of rotatable bonds is 4. The summed E-state index contributed by atoms with van der Waals surface area (Å²) >= 11 is 0. The van der Waals surface area contributed by atoms with Crippen LogP contribution in [0.5, 0.6) is 0 Å². The van der Waals surface area contributed by atoms with Crippen LogP contribution in [-0.4, -0.2) is 26.2 Å². The number of hydrogen-bond acceptors (Lipinski definition) is 4. The molecular weight excluding hydrogens is 146 g/mol. The zero-order valence-corrected chi connectivity index (χ0v) is 6.63. The van der Waals surface area contributed by atoms with Crippen molar-refractivity contribution in [2.75, 3.05) is 20.3 Å². The van der Waals surface area contributed by atoms with E-state index < -0.39 is 0 Å². The third kappa shape index (κ3) is 2.48. The molecule has 1 atom stereocenters.